The standard InChI is InChI=1S/C14H19NO2/c1-13(2)16-11-6-5-10(9-12(11)17-13)14(15)7-3-4-8-14/h5-6,9H,3-4,7-8,15H2,1-2H3. The Kier molecular flexibility index (Phi) is 2.17. The second kappa shape index (κ2) is 3.39. The Bertz CT molecular complexity index is 448. The molecule has 3 heteroatoms. The number of fused-ring (bicyclic) bond motifs is 1. The van der Waals surface area contributed by atoms with Gasteiger partial charge in [-0.15, -0.1) is 0 Å². The SMILES string of the molecule is CC1(C)Oc2ccc(C3(N)CCCC3)cc2O1. The van der Waals surface area contributed by atoms with Gasteiger partial charge in [-0.25, -0.2) is 0 Å². The zero-order chi connectivity index (χ0) is 12.1. The summed E-state index contributed by atoms with van der Waals surface area (Å²) in [5, 5.41) is 0. The molecule has 0 aromatic heterocycles. The molecule has 2 aliphatic rings. The second-order valence-corrected chi connectivity index (χ2v) is 5.63. The van der Waals surface area contributed by atoms with Crippen LogP contribution in [-0.4, -0.2) is 5.79 Å². The van der Waals surface area contributed by atoms with Crippen molar-refractivity contribution in [2.45, 2.75) is 50.9 Å². The highest BCUT2D eigenvalue weighted by Gasteiger charge is 2.35. The van der Waals surface area contributed by atoms with Crippen molar-refractivity contribution in [3.8, 4) is 11.5 Å². The Labute approximate surface area is 102 Å². The molecule has 0 unspecified atom stereocenters. The molecule has 92 valence electrons. The number of nitrogens with two attached hydrogens (primary N) is 1. The van der Waals surface area contributed by atoms with Crippen molar-refractivity contribution in [1.82, 2.24) is 0 Å². The van der Waals surface area contributed by atoms with Crippen molar-refractivity contribution in [2.75, 3.05) is 0 Å². The van der Waals surface area contributed by atoms with Crippen LogP contribution in [0, 0.1) is 0 Å². The van der Waals surface area contributed by atoms with E-state index in [9.17, 15) is 0 Å². The maximum atomic E-state index is 6.45. The number of ether oxygens (including phenoxy) is 2. The monoisotopic (exact) mass is 233 g/mol. The van der Waals surface area contributed by atoms with Gasteiger partial charge in [-0.1, -0.05) is 18.9 Å². The van der Waals surface area contributed by atoms with Crippen molar-refractivity contribution in [2.24, 2.45) is 5.73 Å². The molecule has 0 atom stereocenters. The molecule has 0 amide bonds. The van der Waals surface area contributed by atoms with Gasteiger partial charge in [0, 0.05) is 19.4 Å². The van der Waals surface area contributed by atoms with Crippen LogP contribution in [0.4, 0.5) is 0 Å². The Hall–Kier alpha value is -1.22. The predicted octanol–water partition coefficient (Wildman–Crippen LogP) is 2.92. The zero-order valence-corrected chi connectivity index (χ0v) is 10.5. The van der Waals surface area contributed by atoms with E-state index in [0.29, 0.717) is 0 Å². The van der Waals surface area contributed by atoms with Gasteiger partial charge < -0.3 is 15.2 Å². The summed E-state index contributed by atoms with van der Waals surface area (Å²) in [6.45, 7) is 3.83. The largest absolute Gasteiger partial charge is 0.449 e. The molecular formula is C14H19NO2. The van der Waals surface area contributed by atoms with Crippen LogP contribution in [0.15, 0.2) is 18.2 Å². The summed E-state index contributed by atoms with van der Waals surface area (Å²) in [7, 11) is 0. The van der Waals surface area contributed by atoms with E-state index in [0.717, 1.165) is 24.3 Å². The van der Waals surface area contributed by atoms with Crippen LogP contribution in [0.1, 0.15) is 45.1 Å². The lowest BCUT2D eigenvalue weighted by Crippen LogP contribution is -2.33. The molecule has 2 N–H and O–H groups in total. The smallest absolute Gasteiger partial charge is 0.246 e. The minimum Gasteiger partial charge on any atom is -0.449 e. The zero-order valence-electron chi connectivity index (χ0n) is 10.5. The van der Waals surface area contributed by atoms with Gasteiger partial charge in [0.05, 0.1) is 0 Å². The summed E-state index contributed by atoms with van der Waals surface area (Å²) in [4.78, 5) is 0. The van der Waals surface area contributed by atoms with Gasteiger partial charge in [-0.3, -0.25) is 0 Å². The summed E-state index contributed by atoms with van der Waals surface area (Å²) >= 11 is 0. The van der Waals surface area contributed by atoms with E-state index in [2.05, 4.69) is 12.1 Å². The maximum Gasteiger partial charge on any atom is 0.246 e. The number of hydrogen-bond donors (Lipinski definition) is 1. The van der Waals surface area contributed by atoms with Gasteiger partial charge in [-0.2, -0.15) is 0 Å². The summed E-state index contributed by atoms with van der Waals surface area (Å²) in [6, 6.07) is 6.11. The first kappa shape index (κ1) is 10.9. The van der Waals surface area contributed by atoms with Crippen LogP contribution >= 0.6 is 0 Å². The summed E-state index contributed by atoms with van der Waals surface area (Å²) in [6.07, 6.45) is 4.57. The Morgan fingerprint density at radius 1 is 1.06 bits per heavy atom. The van der Waals surface area contributed by atoms with Crippen LogP contribution in [0.25, 0.3) is 0 Å². The third kappa shape index (κ3) is 1.78. The number of benzene rings is 1. The topological polar surface area (TPSA) is 44.5 Å². The van der Waals surface area contributed by atoms with E-state index in [-0.39, 0.29) is 5.54 Å². The average Bonchev–Trinajstić information content (AvgIpc) is 2.79. The summed E-state index contributed by atoms with van der Waals surface area (Å²) < 4.78 is 11.4. The molecule has 1 saturated carbocycles. The maximum absolute atomic E-state index is 6.45. The lowest BCUT2D eigenvalue weighted by Gasteiger charge is -2.24. The van der Waals surface area contributed by atoms with Gasteiger partial charge in [0.15, 0.2) is 11.5 Å². The van der Waals surface area contributed by atoms with Crippen LogP contribution in [-0.2, 0) is 5.54 Å². The molecule has 1 fully saturated rings. The second-order valence-electron chi connectivity index (χ2n) is 5.63. The molecule has 0 radical (unpaired) electrons. The highest BCUT2D eigenvalue weighted by atomic mass is 16.7. The van der Waals surface area contributed by atoms with Gasteiger partial charge >= 0.3 is 0 Å². The van der Waals surface area contributed by atoms with Crippen molar-refractivity contribution in [3.63, 3.8) is 0 Å². The van der Waals surface area contributed by atoms with Crippen LogP contribution in [0.5, 0.6) is 11.5 Å². The fourth-order valence-corrected chi connectivity index (χ4v) is 2.83. The molecule has 1 heterocycles. The number of rotatable bonds is 1. The molecule has 1 aromatic carbocycles. The molecule has 1 aliphatic carbocycles. The van der Waals surface area contributed by atoms with Gasteiger partial charge in [0.1, 0.15) is 0 Å². The molecule has 0 saturated heterocycles. The first-order valence-electron chi connectivity index (χ1n) is 6.30. The first-order chi connectivity index (χ1) is 7.99. The lowest BCUT2D eigenvalue weighted by molar-refractivity contribution is -0.0431. The van der Waals surface area contributed by atoms with E-state index in [4.69, 9.17) is 15.2 Å². The predicted molar refractivity (Wildman–Crippen MR) is 66.1 cm³/mol. The van der Waals surface area contributed by atoms with Crippen molar-refractivity contribution in [1.29, 1.82) is 0 Å². The Morgan fingerprint density at radius 2 is 1.71 bits per heavy atom. The molecular weight excluding hydrogens is 214 g/mol. The lowest BCUT2D eigenvalue weighted by atomic mass is 9.89. The van der Waals surface area contributed by atoms with Crippen LogP contribution < -0.4 is 15.2 Å². The molecule has 1 aromatic rings. The highest BCUT2D eigenvalue weighted by Crippen LogP contribution is 2.44. The third-order valence-electron chi connectivity index (χ3n) is 3.73. The third-order valence-corrected chi connectivity index (χ3v) is 3.73. The van der Waals surface area contributed by atoms with Crippen LogP contribution in [0.3, 0.4) is 0 Å². The summed E-state index contributed by atoms with van der Waals surface area (Å²) in [5.41, 5.74) is 7.46. The first-order valence-corrected chi connectivity index (χ1v) is 6.30. The van der Waals surface area contributed by atoms with E-state index >= 15 is 0 Å². The van der Waals surface area contributed by atoms with Crippen LogP contribution in [0.2, 0.25) is 0 Å². The van der Waals surface area contributed by atoms with Crippen molar-refractivity contribution in [3.05, 3.63) is 23.8 Å². The summed E-state index contributed by atoms with van der Waals surface area (Å²) in [5.74, 6) is 1.09. The highest BCUT2D eigenvalue weighted by molar-refractivity contribution is 5.47. The Morgan fingerprint density at radius 3 is 2.41 bits per heavy atom. The molecule has 0 bridgehead atoms. The van der Waals surface area contributed by atoms with E-state index in [1.165, 1.54) is 18.4 Å². The van der Waals surface area contributed by atoms with E-state index in [1.54, 1.807) is 0 Å². The van der Waals surface area contributed by atoms with E-state index in [1.807, 2.05) is 19.9 Å². The quantitative estimate of drug-likeness (QED) is 0.811. The van der Waals surface area contributed by atoms with Gasteiger partial charge in [0.25, 0.3) is 0 Å². The molecule has 3 rings (SSSR count). The van der Waals surface area contributed by atoms with E-state index < -0.39 is 5.79 Å². The van der Waals surface area contributed by atoms with Gasteiger partial charge in [-0.05, 0) is 30.5 Å². The fraction of sp³-hybridized carbons (Fsp3) is 0.571. The fourth-order valence-electron chi connectivity index (χ4n) is 2.83. The molecule has 1 aliphatic heterocycles. The average molecular weight is 233 g/mol. The molecule has 17 heavy (non-hydrogen) atoms. The minimum absolute atomic E-state index is 0.162. The normalized spacial score (nSPS) is 23.9. The molecule has 3 nitrogen and oxygen atoms in total. The Balaban J connectivity index is 1.95. The number of hydrogen-bond acceptors (Lipinski definition) is 3. The minimum atomic E-state index is -0.557. The van der Waals surface area contributed by atoms with Crippen molar-refractivity contribution >= 4 is 0 Å². The molecule has 0 spiro atoms. The van der Waals surface area contributed by atoms with Gasteiger partial charge in [0.2, 0.25) is 5.79 Å². The van der Waals surface area contributed by atoms with Crippen molar-refractivity contribution < 1.29 is 9.47 Å².